The van der Waals surface area contributed by atoms with E-state index in [2.05, 4.69) is 26.0 Å². The Morgan fingerprint density at radius 3 is 1.03 bits per heavy atom. The molecule has 0 aliphatic rings. The Balaban J connectivity index is 4.05. The number of allylic oxidation sites excluding steroid dienone is 2. The number of carbonyl (C=O) groups is 2. The standard InChI is InChI=1S/C62H122NO8P/c1-6-8-10-12-14-16-18-20-22-24-26-28-29-30-31-32-33-35-36-38-40-42-44-46-48-50-52-54-61(64)68-58-60(59-70-72(66,67)69-57-56-63(3,4)5)71-62(65)55-53-51-49-47-45-43-41-39-37-34-27-25-23-21-19-17-15-13-11-9-7-2/h25,27,60H,6-24,26,28-59H2,1-5H3/b27-25-. The Kier molecular flexibility index (Phi) is 53.6. The zero-order chi connectivity index (χ0) is 52.7. The van der Waals surface area contributed by atoms with E-state index in [9.17, 15) is 19.0 Å². The molecule has 2 atom stereocenters. The molecule has 10 heteroatoms. The summed E-state index contributed by atoms with van der Waals surface area (Å²) in [5.74, 6) is -0.815. The van der Waals surface area contributed by atoms with E-state index in [1.807, 2.05) is 21.1 Å². The van der Waals surface area contributed by atoms with Crippen LogP contribution in [0.3, 0.4) is 0 Å². The van der Waals surface area contributed by atoms with Gasteiger partial charge in [0.15, 0.2) is 6.10 Å². The van der Waals surface area contributed by atoms with Gasteiger partial charge in [-0.2, -0.15) is 0 Å². The highest BCUT2D eigenvalue weighted by Crippen LogP contribution is 2.38. The number of carbonyl (C=O) groups excluding carboxylic acids is 2. The maximum atomic E-state index is 12.8. The van der Waals surface area contributed by atoms with Gasteiger partial charge in [-0.1, -0.05) is 283 Å². The maximum Gasteiger partial charge on any atom is 0.306 e. The lowest BCUT2D eigenvalue weighted by Gasteiger charge is -2.28. The molecule has 9 nitrogen and oxygen atoms in total. The molecule has 0 heterocycles. The lowest BCUT2D eigenvalue weighted by molar-refractivity contribution is -0.870. The van der Waals surface area contributed by atoms with Crippen LogP contribution in [0, 0.1) is 0 Å². The number of nitrogens with zero attached hydrogens (tertiary/aromatic N) is 1. The van der Waals surface area contributed by atoms with E-state index in [0.29, 0.717) is 17.4 Å². The van der Waals surface area contributed by atoms with Gasteiger partial charge < -0.3 is 27.9 Å². The first-order valence-electron chi connectivity index (χ1n) is 31.4. The fourth-order valence-electron chi connectivity index (χ4n) is 9.42. The fourth-order valence-corrected chi connectivity index (χ4v) is 10.1. The van der Waals surface area contributed by atoms with E-state index in [-0.39, 0.29) is 32.0 Å². The van der Waals surface area contributed by atoms with Gasteiger partial charge in [0, 0.05) is 12.8 Å². The quantitative estimate of drug-likeness (QED) is 0.0195. The van der Waals surface area contributed by atoms with E-state index in [4.69, 9.17) is 18.5 Å². The summed E-state index contributed by atoms with van der Waals surface area (Å²) in [4.78, 5) is 37.9. The van der Waals surface area contributed by atoms with Crippen molar-refractivity contribution in [3.8, 4) is 0 Å². The predicted molar refractivity (Wildman–Crippen MR) is 305 cm³/mol. The van der Waals surface area contributed by atoms with Crippen LogP contribution in [0.15, 0.2) is 12.2 Å². The third kappa shape index (κ3) is 58.0. The second-order valence-electron chi connectivity index (χ2n) is 22.8. The second kappa shape index (κ2) is 54.5. The van der Waals surface area contributed by atoms with Crippen LogP contribution in [-0.4, -0.2) is 70.0 Å². The highest BCUT2D eigenvalue weighted by atomic mass is 31.2. The molecule has 0 radical (unpaired) electrons. The third-order valence-electron chi connectivity index (χ3n) is 14.3. The molecule has 72 heavy (non-hydrogen) atoms. The van der Waals surface area contributed by atoms with Gasteiger partial charge in [0.1, 0.15) is 19.8 Å². The summed E-state index contributed by atoms with van der Waals surface area (Å²) in [7, 11) is 1.18. The highest BCUT2D eigenvalue weighted by Gasteiger charge is 2.22. The van der Waals surface area contributed by atoms with Crippen LogP contribution in [0.2, 0.25) is 0 Å². The number of esters is 2. The van der Waals surface area contributed by atoms with Gasteiger partial charge >= 0.3 is 11.9 Å². The van der Waals surface area contributed by atoms with Crippen LogP contribution in [0.25, 0.3) is 0 Å². The molecule has 0 N–H and O–H groups in total. The van der Waals surface area contributed by atoms with Crippen molar-refractivity contribution < 1.29 is 42.1 Å². The van der Waals surface area contributed by atoms with Crippen molar-refractivity contribution in [3.05, 3.63) is 12.2 Å². The van der Waals surface area contributed by atoms with E-state index in [1.165, 1.54) is 250 Å². The smallest absolute Gasteiger partial charge is 0.306 e. The Morgan fingerprint density at radius 2 is 0.708 bits per heavy atom. The van der Waals surface area contributed by atoms with Gasteiger partial charge in [0.25, 0.3) is 7.82 Å². The van der Waals surface area contributed by atoms with Crippen molar-refractivity contribution in [3.63, 3.8) is 0 Å². The largest absolute Gasteiger partial charge is 0.756 e. The van der Waals surface area contributed by atoms with Crippen LogP contribution >= 0.6 is 7.82 Å². The van der Waals surface area contributed by atoms with Crippen molar-refractivity contribution in [1.29, 1.82) is 0 Å². The zero-order valence-electron chi connectivity index (χ0n) is 48.7. The summed E-state index contributed by atoms with van der Waals surface area (Å²) in [6.07, 6.45) is 64.1. The van der Waals surface area contributed by atoms with Crippen LogP contribution in [0.5, 0.6) is 0 Å². The molecular weight excluding hydrogens is 918 g/mol. The van der Waals surface area contributed by atoms with Gasteiger partial charge in [0.05, 0.1) is 27.7 Å². The number of rotatable bonds is 59. The summed E-state index contributed by atoms with van der Waals surface area (Å²) < 4.78 is 34.2. The Morgan fingerprint density at radius 1 is 0.417 bits per heavy atom. The minimum atomic E-state index is -4.63. The number of hydrogen-bond donors (Lipinski definition) is 0. The van der Waals surface area contributed by atoms with Crippen molar-refractivity contribution >= 4 is 19.8 Å². The van der Waals surface area contributed by atoms with Gasteiger partial charge in [-0.15, -0.1) is 0 Å². The molecule has 0 rings (SSSR count). The molecule has 428 valence electrons. The minimum Gasteiger partial charge on any atom is -0.756 e. The van der Waals surface area contributed by atoms with E-state index < -0.39 is 26.5 Å². The molecule has 0 aliphatic carbocycles. The van der Waals surface area contributed by atoms with E-state index in [0.717, 1.165) is 38.5 Å². The summed E-state index contributed by atoms with van der Waals surface area (Å²) in [5.41, 5.74) is 0. The molecule has 0 spiro atoms. The number of phosphoric ester groups is 1. The molecule has 0 bridgehead atoms. The number of ether oxygens (including phenoxy) is 2. The van der Waals surface area contributed by atoms with Crippen LogP contribution < -0.4 is 4.89 Å². The monoisotopic (exact) mass is 1040 g/mol. The number of likely N-dealkylation sites (N-methyl/N-ethyl adjacent to an activating group) is 1. The number of hydrogen-bond acceptors (Lipinski definition) is 8. The topological polar surface area (TPSA) is 111 Å². The summed E-state index contributed by atoms with van der Waals surface area (Å²) in [5, 5.41) is 0. The number of phosphoric acid groups is 1. The maximum absolute atomic E-state index is 12.8. The molecular formula is C62H122NO8P. The molecule has 0 saturated heterocycles. The summed E-state index contributed by atoms with van der Waals surface area (Å²) in [6, 6.07) is 0. The number of quaternary nitrogens is 1. The van der Waals surface area contributed by atoms with Crippen molar-refractivity contribution in [2.45, 2.75) is 328 Å². The molecule has 0 amide bonds. The summed E-state index contributed by atoms with van der Waals surface area (Å²) in [6.45, 7) is 4.31. The first kappa shape index (κ1) is 70.8. The molecule has 0 saturated carbocycles. The van der Waals surface area contributed by atoms with Gasteiger partial charge in [0.2, 0.25) is 0 Å². The van der Waals surface area contributed by atoms with Gasteiger partial charge in [-0.25, -0.2) is 0 Å². The highest BCUT2D eigenvalue weighted by molar-refractivity contribution is 7.45. The van der Waals surface area contributed by atoms with Crippen LogP contribution in [-0.2, 0) is 32.7 Å². The molecule has 0 fully saturated rings. The molecule has 2 unspecified atom stereocenters. The van der Waals surface area contributed by atoms with Crippen LogP contribution in [0.4, 0.5) is 0 Å². The normalized spacial score (nSPS) is 13.2. The predicted octanol–water partition coefficient (Wildman–Crippen LogP) is 19.0. The lowest BCUT2D eigenvalue weighted by atomic mass is 10.0. The van der Waals surface area contributed by atoms with E-state index in [1.54, 1.807) is 0 Å². The first-order chi connectivity index (χ1) is 35.0. The van der Waals surface area contributed by atoms with Gasteiger partial charge in [-0.05, 0) is 38.5 Å². The third-order valence-corrected chi connectivity index (χ3v) is 15.2. The average molecular weight is 1040 g/mol. The SMILES string of the molecule is CCCCCCCCCC/C=C\CCCCCCCCCCCC(=O)OC(COC(=O)CCCCCCCCCCCCCCCCCCCCCCCCCCCCC)COP(=O)([O-])OCC[N+](C)(C)C. The lowest BCUT2D eigenvalue weighted by Crippen LogP contribution is -2.37. The van der Waals surface area contributed by atoms with Crippen LogP contribution in [0.1, 0.15) is 322 Å². The van der Waals surface area contributed by atoms with Crippen molar-refractivity contribution in [1.82, 2.24) is 0 Å². The van der Waals surface area contributed by atoms with Crippen molar-refractivity contribution in [2.24, 2.45) is 0 Å². The Hall–Kier alpha value is -1.25. The second-order valence-corrected chi connectivity index (χ2v) is 24.2. The zero-order valence-corrected chi connectivity index (χ0v) is 49.6. The summed E-state index contributed by atoms with van der Waals surface area (Å²) >= 11 is 0. The minimum absolute atomic E-state index is 0.0273. The Labute approximate surface area is 447 Å². The Bertz CT molecular complexity index is 1220. The van der Waals surface area contributed by atoms with Crippen molar-refractivity contribution in [2.75, 3.05) is 47.5 Å². The molecule has 0 aromatic rings. The number of unbranched alkanes of at least 4 members (excludes halogenated alkanes) is 43. The average Bonchev–Trinajstić information content (AvgIpc) is 3.34. The molecule has 0 aromatic heterocycles. The van der Waals surface area contributed by atoms with Gasteiger partial charge in [-0.3, -0.25) is 14.2 Å². The fraction of sp³-hybridized carbons (Fsp3) is 0.935. The van der Waals surface area contributed by atoms with E-state index >= 15 is 0 Å². The molecule has 0 aromatic carbocycles. The first-order valence-corrected chi connectivity index (χ1v) is 32.9. The molecule has 0 aliphatic heterocycles.